The molecule has 2 aliphatic heterocycles. The summed E-state index contributed by atoms with van der Waals surface area (Å²) in [5.41, 5.74) is 0.760. The molecule has 0 saturated carbocycles. The standard InChI is InChI=1S/C28H20ClNO5/c1-15-6-10-17(11-7-15)23-21-22(27(34)30(26(21)33)14-16-8-12-18(29)13-9-16)28(35-23)24(31)19-4-2-3-5-20(19)25(28)32/h2-13,21-23H,14H2,1H3/t21-,22+,23+/m0/s1. The summed E-state index contributed by atoms with van der Waals surface area (Å²) in [6.07, 6.45) is -0.908. The van der Waals surface area contributed by atoms with Crippen molar-refractivity contribution >= 4 is 35.0 Å². The maximum atomic E-state index is 13.8. The second-order valence-corrected chi connectivity index (χ2v) is 9.72. The number of halogens is 1. The molecule has 0 N–H and O–H groups in total. The minimum absolute atomic E-state index is 0.0217. The van der Waals surface area contributed by atoms with Crippen LogP contribution in [0.4, 0.5) is 0 Å². The smallest absolute Gasteiger partial charge is 0.237 e. The summed E-state index contributed by atoms with van der Waals surface area (Å²) in [6.45, 7) is 1.95. The second-order valence-electron chi connectivity index (χ2n) is 9.28. The summed E-state index contributed by atoms with van der Waals surface area (Å²) in [7, 11) is 0. The second kappa shape index (κ2) is 7.70. The van der Waals surface area contributed by atoms with Crippen molar-refractivity contribution in [2.45, 2.75) is 25.2 Å². The number of rotatable bonds is 3. The fraction of sp³-hybridized carbons (Fsp3) is 0.214. The van der Waals surface area contributed by atoms with Crippen molar-refractivity contribution in [1.82, 2.24) is 4.90 Å². The summed E-state index contributed by atoms with van der Waals surface area (Å²) in [6, 6.07) is 20.7. The van der Waals surface area contributed by atoms with Crippen LogP contribution in [0.5, 0.6) is 0 Å². The lowest BCUT2D eigenvalue weighted by Gasteiger charge is -2.27. The van der Waals surface area contributed by atoms with E-state index in [2.05, 4.69) is 0 Å². The van der Waals surface area contributed by atoms with Crippen molar-refractivity contribution in [3.63, 3.8) is 0 Å². The molecule has 3 atom stereocenters. The van der Waals surface area contributed by atoms with E-state index in [0.29, 0.717) is 16.1 Å². The maximum absolute atomic E-state index is 13.8. The van der Waals surface area contributed by atoms with Gasteiger partial charge in [0.1, 0.15) is 0 Å². The van der Waals surface area contributed by atoms with Gasteiger partial charge in [0.2, 0.25) is 29.0 Å². The number of ketones is 2. The van der Waals surface area contributed by atoms with Crippen LogP contribution in [0.3, 0.4) is 0 Å². The Morgan fingerprint density at radius 1 is 0.829 bits per heavy atom. The highest BCUT2D eigenvalue weighted by atomic mass is 35.5. The van der Waals surface area contributed by atoms with Gasteiger partial charge in [0.05, 0.1) is 24.5 Å². The fourth-order valence-electron chi connectivity index (χ4n) is 5.56. The van der Waals surface area contributed by atoms with E-state index in [1.165, 1.54) is 0 Å². The van der Waals surface area contributed by atoms with Gasteiger partial charge in [-0.25, -0.2) is 0 Å². The van der Waals surface area contributed by atoms with Crippen LogP contribution in [0, 0.1) is 18.8 Å². The first-order valence-corrected chi connectivity index (χ1v) is 11.7. The third kappa shape index (κ3) is 3.00. The lowest BCUT2D eigenvalue weighted by Crippen LogP contribution is -2.50. The number of hydrogen-bond acceptors (Lipinski definition) is 5. The third-order valence-corrected chi connectivity index (χ3v) is 7.52. The zero-order valence-electron chi connectivity index (χ0n) is 18.7. The minimum atomic E-state index is -2.05. The number of carbonyl (C=O) groups is 4. The van der Waals surface area contributed by atoms with Crippen LogP contribution in [-0.2, 0) is 20.9 Å². The monoisotopic (exact) mass is 485 g/mol. The number of benzene rings is 3. The molecule has 3 aliphatic rings. The number of hydrogen-bond donors (Lipinski definition) is 0. The van der Waals surface area contributed by atoms with Crippen LogP contribution in [0.15, 0.2) is 72.8 Å². The van der Waals surface area contributed by atoms with E-state index >= 15 is 0 Å². The van der Waals surface area contributed by atoms with Crippen LogP contribution in [0.2, 0.25) is 5.02 Å². The van der Waals surface area contributed by atoms with Crippen LogP contribution in [-0.4, -0.2) is 33.9 Å². The summed E-state index contributed by atoms with van der Waals surface area (Å²) >= 11 is 5.98. The Hall–Kier alpha value is -3.61. The van der Waals surface area contributed by atoms with Gasteiger partial charge in [-0.3, -0.25) is 24.1 Å². The maximum Gasteiger partial charge on any atom is 0.237 e. The lowest BCUT2D eigenvalue weighted by molar-refractivity contribution is -0.145. The fourth-order valence-corrected chi connectivity index (χ4v) is 5.69. The van der Waals surface area contributed by atoms with Crippen molar-refractivity contribution < 1.29 is 23.9 Å². The van der Waals surface area contributed by atoms with Gasteiger partial charge in [0, 0.05) is 16.1 Å². The number of imide groups is 1. The van der Waals surface area contributed by atoms with E-state index in [0.717, 1.165) is 10.5 Å². The van der Waals surface area contributed by atoms with E-state index in [1.54, 1.807) is 48.5 Å². The molecular weight excluding hydrogens is 466 g/mol. The van der Waals surface area contributed by atoms with Gasteiger partial charge in [-0.2, -0.15) is 0 Å². The van der Waals surface area contributed by atoms with Gasteiger partial charge in [0.15, 0.2) is 0 Å². The molecule has 0 bridgehead atoms. The van der Waals surface area contributed by atoms with Crippen LogP contribution in [0.25, 0.3) is 0 Å². The van der Waals surface area contributed by atoms with Gasteiger partial charge in [0.25, 0.3) is 0 Å². The number of ether oxygens (including phenoxy) is 1. The van der Waals surface area contributed by atoms with E-state index in [1.807, 2.05) is 31.2 Å². The van der Waals surface area contributed by atoms with Gasteiger partial charge in [-0.15, -0.1) is 0 Å². The van der Waals surface area contributed by atoms with E-state index in [9.17, 15) is 19.2 Å². The van der Waals surface area contributed by atoms with Crippen molar-refractivity contribution in [2.75, 3.05) is 0 Å². The zero-order chi connectivity index (χ0) is 24.5. The molecule has 1 aliphatic carbocycles. The summed E-state index contributed by atoms with van der Waals surface area (Å²) in [4.78, 5) is 56.1. The SMILES string of the molecule is Cc1ccc([C@H]2OC3(C(=O)c4ccccc4C3=O)[C@H]3C(=O)N(Cc4ccc(Cl)cc4)C(=O)[C@H]23)cc1. The average Bonchev–Trinajstić information content (AvgIpc) is 3.42. The van der Waals surface area contributed by atoms with Crippen molar-refractivity contribution in [3.05, 3.63) is 106 Å². The van der Waals surface area contributed by atoms with Crippen LogP contribution in [0.1, 0.15) is 43.5 Å². The van der Waals surface area contributed by atoms with Crippen molar-refractivity contribution in [1.29, 1.82) is 0 Å². The van der Waals surface area contributed by atoms with E-state index in [-0.39, 0.29) is 17.7 Å². The molecule has 2 saturated heterocycles. The Kier molecular flexibility index (Phi) is 4.82. The molecule has 6 rings (SSSR count). The molecule has 6 nitrogen and oxygen atoms in total. The highest BCUT2D eigenvalue weighted by Crippen LogP contribution is 2.57. The Bertz CT molecular complexity index is 1380. The number of Topliss-reactive ketones (excluding diaryl/α,β-unsaturated/α-hetero) is 2. The van der Waals surface area contributed by atoms with Gasteiger partial charge >= 0.3 is 0 Å². The molecule has 2 heterocycles. The Morgan fingerprint density at radius 2 is 1.43 bits per heavy atom. The van der Waals surface area contributed by atoms with Crippen molar-refractivity contribution in [3.8, 4) is 0 Å². The molecule has 3 aromatic carbocycles. The average molecular weight is 486 g/mol. The highest BCUT2D eigenvalue weighted by Gasteiger charge is 2.74. The predicted octanol–water partition coefficient (Wildman–Crippen LogP) is 4.34. The van der Waals surface area contributed by atoms with Crippen LogP contribution < -0.4 is 0 Å². The number of nitrogens with zero attached hydrogens (tertiary/aromatic N) is 1. The lowest BCUT2D eigenvalue weighted by atomic mass is 9.77. The number of likely N-dealkylation sites (tertiary alicyclic amines) is 1. The molecule has 2 amide bonds. The molecule has 0 radical (unpaired) electrons. The predicted molar refractivity (Wildman–Crippen MR) is 127 cm³/mol. The van der Waals surface area contributed by atoms with Crippen LogP contribution >= 0.6 is 11.6 Å². The highest BCUT2D eigenvalue weighted by molar-refractivity contribution is 6.35. The molecule has 7 heteroatoms. The molecule has 174 valence electrons. The molecule has 35 heavy (non-hydrogen) atoms. The molecule has 0 unspecified atom stereocenters. The molecular formula is C28H20ClNO5. The zero-order valence-corrected chi connectivity index (χ0v) is 19.5. The van der Waals surface area contributed by atoms with Crippen molar-refractivity contribution in [2.24, 2.45) is 11.8 Å². The van der Waals surface area contributed by atoms with E-state index in [4.69, 9.17) is 16.3 Å². The Morgan fingerprint density at radius 3 is 2.03 bits per heavy atom. The summed E-state index contributed by atoms with van der Waals surface area (Å²) in [5, 5.41) is 0.538. The topological polar surface area (TPSA) is 80.8 Å². The van der Waals surface area contributed by atoms with E-state index < -0.39 is 46.9 Å². The number of amides is 2. The summed E-state index contributed by atoms with van der Waals surface area (Å²) in [5.74, 6) is -4.36. The van der Waals surface area contributed by atoms with Gasteiger partial charge in [-0.05, 0) is 30.2 Å². The number of aryl methyl sites for hydroxylation is 1. The first kappa shape index (κ1) is 21.9. The molecule has 1 spiro atoms. The van der Waals surface area contributed by atoms with Gasteiger partial charge in [-0.1, -0.05) is 77.8 Å². The first-order chi connectivity index (χ1) is 16.8. The minimum Gasteiger partial charge on any atom is -0.349 e. The largest absolute Gasteiger partial charge is 0.349 e. The Balaban J connectivity index is 1.48. The molecule has 3 aromatic rings. The molecule has 2 fully saturated rings. The number of fused-ring (bicyclic) bond motifs is 3. The normalized spacial score (nSPS) is 24.4. The van der Waals surface area contributed by atoms with Gasteiger partial charge < -0.3 is 4.74 Å². The number of carbonyl (C=O) groups excluding carboxylic acids is 4. The first-order valence-electron chi connectivity index (χ1n) is 11.4. The third-order valence-electron chi connectivity index (χ3n) is 7.27. The summed E-state index contributed by atoms with van der Waals surface area (Å²) < 4.78 is 6.28. The molecule has 0 aromatic heterocycles. The quantitative estimate of drug-likeness (QED) is 0.407. The Labute approximate surface area is 206 Å².